The summed E-state index contributed by atoms with van der Waals surface area (Å²) in [6.07, 6.45) is 70.4. The highest BCUT2D eigenvalue weighted by Crippen LogP contribution is 2.12. The fraction of sp³-hybridized carbons (Fsp3) is 0.603. The third-order valence-electron chi connectivity index (χ3n) is 10.4. The average molecular weight is 885 g/mol. The highest BCUT2D eigenvalue weighted by molar-refractivity contribution is 5.71. The Labute approximate surface area is 392 Å². The highest BCUT2D eigenvalue weighted by Gasteiger charge is 2.19. The summed E-state index contributed by atoms with van der Waals surface area (Å²) in [5.74, 6) is -1.04. The minimum absolute atomic E-state index is 0.121. The van der Waals surface area contributed by atoms with Crippen molar-refractivity contribution in [3.63, 3.8) is 0 Å². The van der Waals surface area contributed by atoms with E-state index < -0.39 is 6.10 Å². The van der Waals surface area contributed by atoms with E-state index in [9.17, 15) is 14.4 Å². The summed E-state index contributed by atoms with van der Waals surface area (Å²) in [6.45, 7) is 6.34. The van der Waals surface area contributed by atoms with Gasteiger partial charge in [-0.15, -0.1) is 0 Å². The maximum atomic E-state index is 12.8. The largest absolute Gasteiger partial charge is 0.462 e. The molecule has 0 aliphatic rings. The SMILES string of the molecule is CC/C=C/C=C/C=C/C=C/CCCCCCCC(=O)OC(COC(=O)CC/C=C/C/C=C/CCCCCCCC)COC(=O)CCCCCCC/C=C/C=C/C=C/C=C/CCCCC. The minimum Gasteiger partial charge on any atom is -0.462 e. The third kappa shape index (κ3) is 48.8. The number of esters is 3. The van der Waals surface area contributed by atoms with Crippen LogP contribution in [0.3, 0.4) is 0 Å². The molecule has 1 unspecified atom stereocenters. The van der Waals surface area contributed by atoms with E-state index in [1.54, 1.807) is 0 Å². The van der Waals surface area contributed by atoms with Gasteiger partial charge in [-0.25, -0.2) is 0 Å². The number of carbonyl (C=O) groups is 3. The molecule has 360 valence electrons. The normalized spacial score (nSPS) is 13.1. The number of unbranched alkanes of at least 4 members (excludes halogenated alkanes) is 19. The van der Waals surface area contributed by atoms with E-state index in [0.29, 0.717) is 12.8 Å². The molecule has 0 amide bonds. The molecule has 0 aromatic heterocycles. The molecule has 0 aliphatic heterocycles. The summed E-state index contributed by atoms with van der Waals surface area (Å²) >= 11 is 0. The third-order valence-corrected chi connectivity index (χ3v) is 10.4. The van der Waals surface area contributed by atoms with Crippen molar-refractivity contribution in [2.45, 2.75) is 213 Å². The number of rotatable bonds is 44. The average Bonchev–Trinajstić information content (AvgIpc) is 3.29. The lowest BCUT2D eigenvalue weighted by molar-refractivity contribution is -0.166. The van der Waals surface area contributed by atoms with Crippen LogP contribution in [0.4, 0.5) is 0 Å². The molecule has 0 aromatic rings. The van der Waals surface area contributed by atoms with Crippen molar-refractivity contribution in [2.24, 2.45) is 0 Å². The standard InChI is InChI=1S/C58H92O6/c1-4-7-10-13-16-19-22-25-27-28-29-31-33-36-39-42-45-48-51-57(60)63-54-55(53-62-56(59)50-47-44-41-38-35-32-24-21-18-15-12-9-6-3)64-58(61)52-49-46-43-40-37-34-30-26-23-20-17-14-11-8-5-2/h8,11,14,16-17,19-20,22-23,25-32,35,41,44,55H,4-7,9-10,12-13,15,18,21,24,33-34,36-40,42-43,45-54H2,1-3H3/b11-8+,17-14+,19-16+,23-20+,25-22+,28-27+,30-26+,31-29+,35-32+,44-41+. The van der Waals surface area contributed by atoms with Crippen LogP contribution in [0, 0.1) is 0 Å². The summed E-state index contributed by atoms with van der Waals surface area (Å²) < 4.78 is 16.7. The van der Waals surface area contributed by atoms with Crippen molar-refractivity contribution in [2.75, 3.05) is 13.2 Å². The van der Waals surface area contributed by atoms with Crippen LogP contribution in [0.5, 0.6) is 0 Å². The Balaban J connectivity index is 4.56. The first-order valence-corrected chi connectivity index (χ1v) is 25.6. The molecule has 0 radical (unpaired) electrons. The number of allylic oxidation sites excluding steroid dienone is 20. The Morgan fingerprint density at radius 1 is 0.344 bits per heavy atom. The van der Waals surface area contributed by atoms with Crippen LogP contribution in [0.1, 0.15) is 207 Å². The summed E-state index contributed by atoms with van der Waals surface area (Å²) in [5, 5.41) is 0. The van der Waals surface area contributed by atoms with Crippen LogP contribution in [-0.2, 0) is 28.6 Å². The van der Waals surface area contributed by atoms with Crippen LogP contribution in [0.2, 0.25) is 0 Å². The zero-order chi connectivity index (χ0) is 46.5. The second-order valence-electron chi connectivity index (χ2n) is 16.5. The fourth-order valence-corrected chi connectivity index (χ4v) is 6.52. The quantitative estimate of drug-likeness (QED) is 0.0199. The predicted octanol–water partition coefficient (Wildman–Crippen LogP) is 16.9. The van der Waals surface area contributed by atoms with Crippen LogP contribution >= 0.6 is 0 Å². The van der Waals surface area contributed by atoms with Gasteiger partial charge in [0.15, 0.2) is 6.10 Å². The Hall–Kier alpha value is -4.19. The van der Waals surface area contributed by atoms with E-state index in [1.807, 2.05) is 30.4 Å². The molecule has 0 rings (SSSR count). The van der Waals surface area contributed by atoms with Gasteiger partial charge in [0, 0.05) is 19.3 Å². The molecule has 0 heterocycles. The van der Waals surface area contributed by atoms with Gasteiger partial charge in [0.1, 0.15) is 13.2 Å². The number of hydrogen-bond donors (Lipinski definition) is 0. The molecule has 0 saturated carbocycles. The first-order chi connectivity index (χ1) is 31.5. The molecule has 0 aromatic carbocycles. The molecule has 64 heavy (non-hydrogen) atoms. The van der Waals surface area contributed by atoms with Crippen LogP contribution < -0.4 is 0 Å². The van der Waals surface area contributed by atoms with Gasteiger partial charge in [-0.1, -0.05) is 226 Å². The van der Waals surface area contributed by atoms with Crippen LogP contribution in [0.15, 0.2) is 122 Å². The summed E-state index contributed by atoms with van der Waals surface area (Å²) in [4.78, 5) is 37.9. The minimum atomic E-state index is -0.826. The van der Waals surface area contributed by atoms with Crippen LogP contribution in [-0.4, -0.2) is 37.2 Å². The van der Waals surface area contributed by atoms with Gasteiger partial charge < -0.3 is 14.2 Å². The molecule has 0 spiro atoms. The van der Waals surface area contributed by atoms with Crippen LogP contribution in [0.25, 0.3) is 0 Å². The maximum Gasteiger partial charge on any atom is 0.306 e. The van der Waals surface area contributed by atoms with Crippen molar-refractivity contribution in [1.82, 2.24) is 0 Å². The lowest BCUT2D eigenvalue weighted by Gasteiger charge is -2.18. The number of ether oxygens (including phenoxy) is 3. The van der Waals surface area contributed by atoms with Gasteiger partial charge >= 0.3 is 17.9 Å². The molecule has 0 fully saturated rings. The van der Waals surface area contributed by atoms with Gasteiger partial charge in [0.2, 0.25) is 0 Å². The molecule has 0 saturated heterocycles. The Morgan fingerprint density at radius 3 is 1.20 bits per heavy atom. The first kappa shape index (κ1) is 59.8. The number of carbonyl (C=O) groups excluding carboxylic acids is 3. The molecule has 0 bridgehead atoms. The zero-order valence-electron chi connectivity index (χ0n) is 41.0. The zero-order valence-corrected chi connectivity index (χ0v) is 41.0. The van der Waals surface area contributed by atoms with Gasteiger partial charge in [-0.2, -0.15) is 0 Å². The molecular formula is C58H92O6. The maximum absolute atomic E-state index is 12.8. The summed E-state index contributed by atoms with van der Waals surface area (Å²) in [7, 11) is 0. The molecule has 0 N–H and O–H groups in total. The van der Waals surface area contributed by atoms with Crippen molar-refractivity contribution in [1.29, 1.82) is 0 Å². The van der Waals surface area contributed by atoms with Crippen molar-refractivity contribution < 1.29 is 28.6 Å². The summed E-state index contributed by atoms with van der Waals surface area (Å²) in [6, 6.07) is 0. The van der Waals surface area contributed by atoms with Gasteiger partial charge in [-0.3, -0.25) is 14.4 Å². The summed E-state index contributed by atoms with van der Waals surface area (Å²) in [5.41, 5.74) is 0. The van der Waals surface area contributed by atoms with E-state index in [2.05, 4.69) is 112 Å². The fourth-order valence-electron chi connectivity index (χ4n) is 6.52. The second kappa shape index (κ2) is 51.4. The molecular weight excluding hydrogens is 793 g/mol. The van der Waals surface area contributed by atoms with Crippen molar-refractivity contribution >= 4 is 17.9 Å². The highest BCUT2D eigenvalue weighted by atomic mass is 16.6. The molecule has 6 heteroatoms. The van der Waals surface area contributed by atoms with Gasteiger partial charge in [0.05, 0.1) is 0 Å². The predicted molar refractivity (Wildman–Crippen MR) is 274 cm³/mol. The van der Waals surface area contributed by atoms with Crippen molar-refractivity contribution in [3.05, 3.63) is 122 Å². The van der Waals surface area contributed by atoms with E-state index in [0.717, 1.165) is 103 Å². The van der Waals surface area contributed by atoms with E-state index in [4.69, 9.17) is 14.2 Å². The smallest absolute Gasteiger partial charge is 0.306 e. The van der Waals surface area contributed by atoms with E-state index in [-0.39, 0.29) is 44.0 Å². The van der Waals surface area contributed by atoms with Gasteiger partial charge in [-0.05, 0) is 83.5 Å². The topological polar surface area (TPSA) is 78.9 Å². The lowest BCUT2D eigenvalue weighted by Crippen LogP contribution is -2.30. The molecule has 6 nitrogen and oxygen atoms in total. The monoisotopic (exact) mass is 885 g/mol. The first-order valence-electron chi connectivity index (χ1n) is 25.6. The van der Waals surface area contributed by atoms with Crippen molar-refractivity contribution in [3.8, 4) is 0 Å². The molecule has 1 atom stereocenters. The second-order valence-corrected chi connectivity index (χ2v) is 16.5. The van der Waals surface area contributed by atoms with Gasteiger partial charge in [0.25, 0.3) is 0 Å². The van der Waals surface area contributed by atoms with E-state index in [1.165, 1.54) is 57.8 Å². The van der Waals surface area contributed by atoms with E-state index >= 15 is 0 Å². The lowest BCUT2D eigenvalue weighted by atomic mass is 10.1. The Morgan fingerprint density at radius 2 is 0.703 bits per heavy atom. The number of hydrogen-bond acceptors (Lipinski definition) is 6. The Bertz CT molecular complexity index is 1390. The molecule has 0 aliphatic carbocycles. The Kier molecular flexibility index (Phi) is 48.1.